The molecule has 1 N–H and O–H groups in total. The molecule has 3 aromatic heterocycles. The number of carboxylic acid groups (broad SMARTS) is 1. The first-order chi connectivity index (χ1) is 13.0. The Morgan fingerprint density at radius 1 is 1.44 bits per heavy atom. The smallest absolute Gasteiger partial charge is 0.341 e. The second-order valence-electron chi connectivity index (χ2n) is 5.72. The van der Waals surface area contributed by atoms with Crippen LogP contribution in [0.5, 0.6) is 0 Å². The molecule has 11 heteroatoms. The Morgan fingerprint density at radius 3 is 2.85 bits per heavy atom. The van der Waals surface area contributed by atoms with Gasteiger partial charge in [0.15, 0.2) is 22.4 Å². The predicted molar refractivity (Wildman–Crippen MR) is 96.6 cm³/mol. The van der Waals surface area contributed by atoms with Crippen LogP contribution in [0, 0.1) is 5.82 Å². The Balaban J connectivity index is 1.93. The minimum atomic E-state index is -1.40. The van der Waals surface area contributed by atoms with E-state index >= 15 is 0 Å². The number of hydrogen-bond donors (Lipinski definition) is 1. The average molecular weight is 389 g/mol. The third-order valence-corrected chi connectivity index (χ3v) is 4.81. The van der Waals surface area contributed by atoms with Gasteiger partial charge >= 0.3 is 5.97 Å². The molecule has 0 aliphatic carbocycles. The van der Waals surface area contributed by atoms with Crippen molar-refractivity contribution in [3.05, 3.63) is 45.4 Å². The molecule has 0 aromatic carbocycles. The first-order valence-corrected chi connectivity index (χ1v) is 8.60. The number of aromatic nitrogens is 3. The van der Waals surface area contributed by atoms with Gasteiger partial charge in [0, 0.05) is 17.8 Å². The highest BCUT2D eigenvalue weighted by Crippen LogP contribution is 2.26. The molecule has 0 atom stereocenters. The van der Waals surface area contributed by atoms with E-state index < -0.39 is 22.8 Å². The molecular weight excluding hydrogens is 377 g/mol. The molecule has 0 spiro atoms. The number of thiazole rings is 1. The van der Waals surface area contributed by atoms with Gasteiger partial charge in [-0.1, -0.05) is 5.16 Å². The first kappa shape index (κ1) is 17.1. The zero-order valence-corrected chi connectivity index (χ0v) is 14.7. The summed E-state index contributed by atoms with van der Waals surface area (Å²) in [5, 5.41) is 15.1. The lowest BCUT2D eigenvalue weighted by Gasteiger charge is -2.33. The third-order valence-electron chi connectivity index (χ3n) is 4.04. The quantitative estimate of drug-likeness (QED) is 0.674. The van der Waals surface area contributed by atoms with Crippen molar-refractivity contribution in [1.29, 1.82) is 0 Å². The monoisotopic (exact) mass is 389 g/mol. The molecule has 1 saturated heterocycles. The molecule has 1 aliphatic rings. The van der Waals surface area contributed by atoms with Crippen LogP contribution in [-0.4, -0.2) is 51.5 Å². The number of fused-ring (bicyclic) bond motifs is 1. The Kier molecular flexibility index (Phi) is 4.07. The highest BCUT2D eigenvalue weighted by Gasteiger charge is 2.28. The summed E-state index contributed by atoms with van der Waals surface area (Å²) in [4.78, 5) is 38.7. The second-order valence-corrected chi connectivity index (χ2v) is 6.60. The Labute approximate surface area is 155 Å². The van der Waals surface area contributed by atoms with Crippen LogP contribution in [0.2, 0.25) is 0 Å². The number of rotatable bonds is 4. The molecule has 0 unspecified atom stereocenters. The lowest BCUT2D eigenvalue weighted by atomic mass is 10.1. The fourth-order valence-electron chi connectivity index (χ4n) is 2.80. The van der Waals surface area contributed by atoms with Crippen molar-refractivity contribution in [2.75, 3.05) is 25.1 Å². The lowest BCUT2D eigenvalue weighted by Crippen LogP contribution is -2.48. The molecule has 138 valence electrons. The maximum Gasteiger partial charge on any atom is 0.341 e. The molecule has 3 aromatic rings. The van der Waals surface area contributed by atoms with Gasteiger partial charge in [-0.2, -0.15) is 0 Å². The maximum atomic E-state index is 14.6. The van der Waals surface area contributed by atoms with Crippen molar-refractivity contribution >= 4 is 39.9 Å². The SMILES string of the molecule is CON=C1CN(c2nc3c(cc2F)c(=O)c(C(=O)O)cn3-c2nccs2)C1. The molecule has 4 heterocycles. The average Bonchev–Trinajstić information content (AvgIpc) is 3.12. The van der Waals surface area contributed by atoms with E-state index in [1.165, 1.54) is 29.2 Å². The van der Waals surface area contributed by atoms with Gasteiger partial charge in [0.05, 0.1) is 24.2 Å². The molecule has 1 aliphatic heterocycles. The number of nitrogens with zero attached hydrogens (tertiary/aromatic N) is 5. The molecule has 1 fully saturated rings. The first-order valence-electron chi connectivity index (χ1n) is 7.72. The highest BCUT2D eigenvalue weighted by molar-refractivity contribution is 7.12. The van der Waals surface area contributed by atoms with E-state index in [9.17, 15) is 19.1 Å². The van der Waals surface area contributed by atoms with Crippen LogP contribution < -0.4 is 10.3 Å². The Bertz CT molecular complexity index is 1130. The number of hydrogen-bond acceptors (Lipinski definition) is 8. The summed E-state index contributed by atoms with van der Waals surface area (Å²) in [5.74, 6) is -2.07. The zero-order valence-electron chi connectivity index (χ0n) is 13.9. The van der Waals surface area contributed by atoms with Gasteiger partial charge in [-0.25, -0.2) is 19.2 Å². The summed E-state index contributed by atoms with van der Waals surface area (Å²) >= 11 is 1.24. The predicted octanol–water partition coefficient (Wildman–Crippen LogP) is 1.50. The van der Waals surface area contributed by atoms with Crippen molar-refractivity contribution in [2.24, 2.45) is 5.16 Å². The van der Waals surface area contributed by atoms with E-state index in [-0.39, 0.29) is 16.9 Å². The van der Waals surface area contributed by atoms with Gasteiger partial charge in [0.2, 0.25) is 5.43 Å². The summed E-state index contributed by atoms with van der Waals surface area (Å²) in [6.07, 6.45) is 2.70. The summed E-state index contributed by atoms with van der Waals surface area (Å²) in [6, 6.07) is 1.02. The van der Waals surface area contributed by atoms with Gasteiger partial charge < -0.3 is 14.8 Å². The molecule has 0 bridgehead atoms. The molecule has 0 saturated carbocycles. The van der Waals surface area contributed by atoms with Crippen molar-refractivity contribution in [1.82, 2.24) is 14.5 Å². The standard InChI is InChI=1S/C16H12FN5O4S/c1-26-20-8-5-21(6-8)14-11(17)4-9-12(23)10(15(24)25)7-22(13(9)19-14)16-18-2-3-27-16/h2-4,7H,5-6H2,1H3,(H,24,25). The summed E-state index contributed by atoms with van der Waals surface area (Å²) in [5.41, 5.74) is -0.413. The molecule has 4 rings (SSSR count). The van der Waals surface area contributed by atoms with Crippen molar-refractivity contribution < 1.29 is 19.1 Å². The highest BCUT2D eigenvalue weighted by atomic mass is 32.1. The summed E-state index contributed by atoms with van der Waals surface area (Å²) in [6.45, 7) is 0.690. The van der Waals surface area contributed by atoms with Gasteiger partial charge in [0.25, 0.3) is 0 Å². The number of anilines is 1. The number of oxime groups is 1. The molecule has 27 heavy (non-hydrogen) atoms. The molecule has 0 amide bonds. The topological polar surface area (TPSA) is 110 Å². The maximum absolute atomic E-state index is 14.6. The van der Waals surface area contributed by atoms with E-state index in [4.69, 9.17) is 0 Å². The summed E-state index contributed by atoms with van der Waals surface area (Å²) < 4.78 is 16.0. The number of carboxylic acids is 1. The number of halogens is 1. The van der Waals surface area contributed by atoms with Crippen LogP contribution in [0.4, 0.5) is 10.2 Å². The second kappa shape index (κ2) is 6.43. The van der Waals surface area contributed by atoms with Crippen LogP contribution in [0.1, 0.15) is 10.4 Å². The Hall–Kier alpha value is -3.34. The van der Waals surface area contributed by atoms with Crippen LogP contribution in [-0.2, 0) is 4.84 Å². The summed E-state index contributed by atoms with van der Waals surface area (Å²) in [7, 11) is 1.43. The van der Waals surface area contributed by atoms with E-state index in [0.717, 1.165) is 18.0 Å². The Morgan fingerprint density at radius 2 is 2.22 bits per heavy atom. The van der Waals surface area contributed by atoms with Gasteiger partial charge in [-0.3, -0.25) is 9.36 Å². The van der Waals surface area contributed by atoms with Crippen molar-refractivity contribution in [3.63, 3.8) is 0 Å². The van der Waals surface area contributed by atoms with E-state index in [1.54, 1.807) is 10.3 Å². The van der Waals surface area contributed by atoms with Crippen molar-refractivity contribution in [2.45, 2.75) is 0 Å². The van der Waals surface area contributed by atoms with E-state index in [1.807, 2.05) is 0 Å². The van der Waals surface area contributed by atoms with Crippen molar-refractivity contribution in [3.8, 4) is 5.13 Å². The fourth-order valence-corrected chi connectivity index (χ4v) is 3.42. The van der Waals surface area contributed by atoms with Gasteiger partial charge in [0.1, 0.15) is 12.7 Å². The normalized spacial score (nSPS) is 13.6. The van der Waals surface area contributed by atoms with E-state index in [0.29, 0.717) is 18.2 Å². The number of carbonyl (C=O) groups is 1. The molecular formula is C16H12FN5O4S. The van der Waals surface area contributed by atoms with Gasteiger partial charge in [-0.05, 0) is 6.07 Å². The van der Waals surface area contributed by atoms with Crippen LogP contribution in [0.25, 0.3) is 16.2 Å². The lowest BCUT2D eigenvalue weighted by molar-refractivity contribution is 0.0695. The van der Waals surface area contributed by atoms with Crippen LogP contribution in [0.15, 0.2) is 33.8 Å². The largest absolute Gasteiger partial charge is 0.477 e. The zero-order chi connectivity index (χ0) is 19.1. The van der Waals surface area contributed by atoms with Crippen LogP contribution in [0.3, 0.4) is 0 Å². The van der Waals surface area contributed by atoms with Gasteiger partial charge in [-0.15, -0.1) is 11.3 Å². The molecule has 9 nitrogen and oxygen atoms in total. The minimum absolute atomic E-state index is 0.0466. The van der Waals surface area contributed by atoms with Crippen LogP contribution >= 0.6 is 11.3 Å². The number of pyridine rings is 2. The fraction of sp³-hybridized carbons (Fsp3) is 0.188. The number of aromatic carboxylic acids is 1. The minimum Gasteiger partial charge on any atom is -0.477 e. The van der Waals surface area contributed by atoms with E-state index in [2.05, 4.69) is 20.0 Å². The third kappa shape index (κ3) is 2.81. The molecule has 0 radical (unpaired) electrons.